The van der Waals surface area contributed by atoms with Crippen LogP contribution >= 0.6 is 11.8 Å². The van der Waals surface area contributed by atoms with Crippen LogP contribution in [0, 0.1) is 11.3 Å². The van der Waals surface area contributed by atoms with Gasteiger partial charge in [0.15, 0.2) is 0 Å². The van der Waals surface area contributed by atoms with Crippen molar-refractivity contribution in [2.45, 2.75) is 38.1 Å². The zero-order valence-corrected chi connectivity index (χ0v) is 14.3. The molecule has 1 aromatic rings. The molecule has 1 saturated heterocycles. The fraction of sp³-hybridized carbons (Fsp3) is 0.588. The average Bonchev–Trinajstić information content (AvgIpc) is 2.46. The predicted octanol–water partition coefficient (Wildman–Crippen LogP) is 3.59. The summed E-state index contributed by atoms with van der Waals surface area (Å²) in [6.07, 6.45) is 0. The first-order valence-electron chi connectivity index (χ1n) is 7.63. The number of benzene rings is 1. The third-order valence-electron chi connectivity index (χ3n) is 3.98. The van der Waals surface area contributed by atoms with Crippen LogP contribution in [-0.4, -0.2) is 42.4 Å². The molecular weight excluding hydrogens is 278 g/mol. The summed E-state index contributed by atoms with van der Waals surface area (Å²) < 4.78 is 0. The lowest BCUT2D eigenvalue weighted by atomic mass is 10.0. The maximum absolute atomic E-state index is 9.54. The van der Waals surface area contributed by atoms with E-state index < -0.39 is 0 Å². The number of piperazine rings is 1. The standard InChI is InChI=1S/C17H25N3S/c1-5-21-16-8-6-7-15(14(16)13-18)19-9-11-20(12-10-19)17(2,3)4/h6-8H,5,9-12H2,1-4H3. The van der Waals surface area contributed by atoms with Crippen molar-refractivity contribution >= 4 is 17.4 Å². The minimum absolute atomic E-state index is 0.226. The molecule has 3 nitrogen and oxygen atoms in total. The van der Waals surface area contributed by atoms with Gasteiger partial charge in [-0.15, -0.1) is 11.8 Å². The van der Waals surface area contributed by atoms with Gasteiger partial charge in [-0.25, -0.2) is 0 Å². The molecule has 0 N–H and O–H groups in total. The molecule has 4 heteroatoms. The number of nitrogens with zero attached hydrogens (tertiary/aromatic N) is 3. The molecule has 1 fully saturated rings. The van der Waals surface area contributed by atoms with Crippen molar-refractivity contribution < 1.29 is 0 Å². The van der Waals surface area contributed by atoms with Crippen LogP contribution in [0.5, 0.6) is 0 Å². The van der Waals surface area contributed by atoms with Crippen LogP contribution in [-0.2, 0) is 0 Å². The summed E-state index contributed by atoms with van der Waals surface area (Å²) in [7, 11) is 0. The highest BCUT2D eigenvalue weighted by atomic mass is 32.2. The summed E-state index contributed by atoms with van der Waals surface area (Å²) in [5, 5.41) is 9.54. The van der Waals surface area contributed by atoms with Crippen LogP contribution in [0.2, 0.25) is 0 Å². The first-order valence-corrected chi connectivity index (χ1v) is 8.62. The molecule has 114 valence electrons. The molecule has 0 aromatic heterocycles. The highest BCUT2D eigenvalue weighted by Gasteiger charge is 2.27. The molecule has 1 heterocycles. The maximum Gasteiger partial charge on any atom is 0.103 e. The SMILES string of the molecule is CCSc1cccc(N2CCN(C(C)(C)C)CC2)c1C#N. The second-order valence-corrected chi connectivity index (χ2v) is 7.65. The van der Waals surface area contributed by atoms with E-state index in [1.165, 1.54) is 0 Å². The predicted molar refractivity (Wildman–Crippen MR) is 91.1 cm³/mol. The molecule has 0 amide bonds. The van der Waals surface area contributed by atoms with E-state index in [4.69, 9.17) is 0 Å². The normalized spacial score (nSPS) is 16.8. The van der Waals surface area contributed by atoms with E-state index in [2.05, 4.69) is 61.8 Å². The van der Waals surface area contributed by atoms with Crippen molar-refractivity contribution in [2.75, 3.05) is 36.8 Å². The average molecular weight is 303 g/mol. The maximum atomic E-state index is 9.54. The van der Waals surface area contributed by atoms with E-state index in [0.29, 0.717) is 0 Å². The number of nitriles is 1. The van der Waals surface area contributed by atoms with Gasteiger partial charge in [0.1, 0.15) is 6.07 Å². The Morgan fingerprint density at radius 1 is 1.19 bits per heavy atom. The summed E-state index contributed by atoms with van der Waals surface area (Å²) in [5.74, 6) is 0.996. The molecule has 21 heavy (non-hydrogen) atoms. The Hall–Kier alpha value is -1.18. The van der Waals surface area contributed by atoms with Crippen LogP contribution < -0.4 is 4.90 Å². The zero-order valence-electron chi connectivity index (χ0n) is 13.5. The zero-order chi connectivity index (χ0) is 15.5. The van der Waals surface area contributed by atoms with Gasteiger partial charge in [-0.2, -0.15) is 5.26 Å². The van der Waals surface area contributed by atoms with Gasteiger partial charge in [0.25, 0.3) is 0 Å². The Labute approximate surface area is 132 Å². The lowest BCUT2D eigenvalue weighted by molar-refractivity contribution is 0.128. The molecule has 0 bridgehead atoms. The Morgan fingerprint density at radius 3 is 2.38 bits per heavy atom. The van der Waals surface area contributed by atoms with E-state index in [1.54, 1.807) is 11.8 Å². The molecule has 2 rings (SSSR count). The minimum Gasteiger partial charge on any atom is -0.368 e. The third kappa shape index (κ3) is 3.72. The quantitative estimate of drug-likeness (QED) is 0.798. The van der Waals surface area contributed by atoms with Crippen LogP contribution in [0.1, 0.15) is 33.3 Å². The highest BCUT2D eigenvalue weighted by molar-refractivity contribution is 7.99. The smallest absolute Gasteiger partial charge is 0.103 e. The van der Waals surface area contributed by atoms with Gasteiger partial charge in [-0.3, -0.25) is 4.90 Å². The van der Waals surface area contributed by atoms with Crippen molar-refractivity contribution in [2.24, 2.45) is 0 Å². The molecule has 1 aliphatic heterocycles. The Balaban J connectivity index is 2.17. The van der Waals surface area contributed by atoms with E-state index >= 15 is 0 Å². The first kappa shape index (κ1) is 16.2. The summed E-state index contributed by atoms with van der Waals surface area (Å²) in [5.41, 5.74) is 2.17. The second-order valence-electron chi connectivity index (χ2n) is 6.34. The van der Waals surface area contributed by atoms with Crippen LogP contribution in [0.15, 0.2) is 23.1 Å². The Morgan fingerprint density at radius 2 is 1.86 bits per heavy atom. The lowest BCUT2D eigenvalue weighted by Gasteiger charge is -2.43. The van der Waals surface area contributed by atoms with E-state index in [0.717, 1.165) is 48.1 Å². The van der Waals surface area contributed by atoms with Gasteiger partial charge in [0.2, 0.25) is 0 Å². The molecule has 0 spiro atoms. The largest absolute Gasteiger partial charge is 0.368 e. The second kappa shape index (κ2) is 6.72. The van der Waals surface area contributed by atoms with E-state index in [1.807, 2.05) is 0 Å². The summed E-state index contributed by atoms with van der Waals surface area (Å²) in [6, 6.07) is 8.63. The number of thioether (sulfide) groups is 1. The highest BCUT2D eigenvalue weighted by Crippen LogP contribution is 2.31. The molecule has 0 atom stereocenters. The fourth-order valence-corrected chi connectivity index (χ4v) is 3.57. The van der Waals surface area contributed by atoms with E-state index in [9.17, 15) is 5.26 Å². The Kier molecular flexibility index (Phi) is 5.18. The number of hydrogen-bond donors (Lipinski definition) is 0. The molecule has 0 saturated carbocycles. The monoisotopic (exact) mass is 303 g/mol. The number of anilines is 1. The van der Waals surface area contributed by atoms with Gasteiger partial charge >= 0.3 is 0 Å². The van der Waals surface area contributed by atoms with Gasteiger partial charge in [-0.05, 0) is 38.7 Å². The van der Waals surface area contributed by atoms with Crippen molar-refractivity contribution in [3.05, 3.63) is 23.8 Å². The first-order chi connectivity index (χ1) is 9.97. The van der Waals surface area contributed by atoms with Gasteiger partial charge < -0.3 is 4.90 Å². The molecule has 1 aromatic carbocycles. The summed E-state index contributed by atoms with van der Waals surface area (Å²) in [4.78, 5) is 5.98. The summed E-state index contributed by atoms with van der Waals surface area (Å²) in [6.45, 7) is 13.0. The third-order valence-corrected chi connectivity index (χ3v) is 4.92. The Bertz CT molecular complexity index is 520. The minimum atomic E-state index is 0.226. The van der Waals surface area contributed by atoms with Gasteiger partial charge in [0.05, 0.1) is 11.3 Å². The summed E-state index contributed by atoms with van der Waals surface area (Å²) >= 11 is 1.75. The lowest BCUT2D eigenvalue weighted by Crippen LogP contribution is -2.53. The fourth-order valence-electron chi connectivity index (χ4n) is 2.79. The van der Waals surface area contributed by atoms with Gasteiger partial charge in [0, 0.05) is 36.6 Å². The molecule has 1 aliphatic rings. The number of hydrogen-bond acceptors (Lipinski definition) is 4. The van der Waals surface area contributed by atoms with Crippen LogP contribution in [0.3, 0.4) is 0 Å². The van der Waals surface area contributed by atoms with Crippen molar-refractivity contribution in [3.8, 4) is 6.07 Å². The van der Waals surface area contributed by atoms with E-state index in [-0.39, 0.29) is 5.54 Å². The molecule has 0 radical (unpaired) electrons. The van der Waals surface area contributed by atoms with Gasteiger partial charge in [-0.1, -0.05) is 13.0 Å². The topological polar surface area (TPSA) is 30.3 Å². The van der Waals surface area contributed by atoms with Crippen molar-refractivity contribution in [1.82, 2.24) is 4.90 Å². The van der Waals surface area contributed by atoms with Crippen LogP contribution in [0.4, 0.5) is 5.69 Å². The molecule has 0 aliphatic carbocycles. The van der Waals surface area contributed by atoms with Crippen LogP contribution in [0.25, 0.3) is 0 Å². The molecular formula is C17H25N3S. The molecule has 0 unspecified atom stereocenters. The number of rotatable bonds is 3. The van der Waals surface area contributed by atoms with Crippen molar-refractivity contribution in [1.29, 1.82) is 5.26 Å². The van der Waals surface area contributed by atoms with Crippen molar-refractivity contribution in [3.63, 3.8) is 0 Å².